The lowest BCUT2D eigenvalue weighted by molar-refractivity contribution is 0.0618. The Bertz CT molecular complexity index is 772. The first-order chi connectivity index (χ1) is 13.3. The van der Waals surface area contributed by atoms with E-state index >= 15 is 0 Å². The van der Waals surface area contributed by atoms with E-state index in [1.165, 1.54) is 0 Å². The molecule has 0 bridgehead atoms. The number of carbonyl (C=O) groups excluding carboxylic acids is 1. The zero-order valence-electron chi connectivity index (χ0n) is 17.5. The van der Waals surface area contributed by atoms with E-state index in [4.69, 9.17) is 12.2 Å². The Morgan fingerprint density at radius 2 is 1.57 bits per heavy atom. The van der Waals surface area contributed by atoms with Gasteiger partial charge >= 0.3 is 0 Å². The van der Waals surface area contributed by atoms with Gasteiger partial charge in [0.1, 0.15) is 4.99 Å². The largest absolute Gasteiger partial charge is 0.378 e. The van der Waals surface area contributed by atoms with Crippen LogP contribution >= 0.6 is 12.2 Å². The third kappa shape index (κ3) is 5.80. The number of thiocarbonyl (C=S) groups is 1. The molecule has 1 atom stereocenters. The Hall–Kier alpha value is -2.40. The third-order valence-electron chi connectivity index (χ3n) is 4.78. The lowest BCUT2D eigenvalue weighted by Gasteiger charge is -2.33. The van der Waals surface area contributed by atoms with Gasteiger partial charge in [0.2, 0.25) is 0 Å². The summed E-state index contributed by atoms with van der Waals surface area (Å²) in [6.07, 6.45) is 0.826. The summed E-state index contributed by atoms with van der Waals surface area (Å²) in [5.74, 6) is 0.0680. The first kappa shape index (κ1) is 21.9. The minimum Gasteiger partial charge on any atom is -0.378 e. The molecular formula is C23H31N3OS. The van der Waals surface area contributed by atoms with E-state index in [1.807, 2.05) is 78.5 Å². The van der Waals surface area contributed by atoms with E-state index in [9.17, 15) is 4.79 Å². The summed E-state index contributed by atoms with van der Waals surface area (Å²) in [6.45, 7) is 6.94. The van der Waals surface area contributed by atoms with Crippen molar-refractivity contribution in [2.45, 2.75) is 39.3 Å². The number of benzene rings is 2. The van der Waals surface area contributed by atoms with Gasteiger partial charge in [0.15, 0.2) is 0 Å². The van der Waals surface area contributed by atoms with Crippen molar-refractivity contribution in [1.29, 1.82) is 0 Å². The molecule has 1 amide bonds. The molecule has 5 heteroatoms. The highest BCUT2D eigenvalue weighted by Gasteiger charge is 2.24. The maximum absolute atomic E-state index is 13.1. The number of amides is 1. The van der Waals surface area contributed by atoms with Crippen LogP contribution in [0.25, 0.3) is 0 Å². The van der Waals surface area contributed by atoms with Crippen molar-refractivity contribution >= 4 is 28.8 Å². The molecule has 0 fully saturated rings. The Labute approximate surface area is 174 Å². The monoisotopic (exact) mass is 397 g/mol. The summed E-state index contributed by atoms with van der Waals surface area (Å²) < 4.78 is 0. The number of hydrogen-bond acceptors (Lipinski definition) is 3. The number of nitrogens with one attached hydrogen (secondary N) is 1. The lowest BCUT2D eigenvalue weighted by atomic mass is 10.1. The van der Waals surface area contributed by atoms with E-state index in [0.29, 0.717) is 0 Å². The molecule has 0 aliphatic rings. The van der Waals surface area contributed by atoms with Gasteiger partial charge in [0, 0.05) is 49.5 Å². The summed E-state index contributed by atoms with van der Waals surface area (Å²) >= 11 is 5.46. The van der Waals surface area contributed by atoms with Crippen molar-refractivity contribution in [3.05, 3.63) is 65.7 Å². The molecule has 2 aromatic carbocycles. The van der Waals surface area contributed by atoms with Gasteiger partial charge in [-0.3, -0.25) is 4.79 Å². The molecule has 0 radical (unpaired) electrons. The quantitative estimate of drug-likeness (QED) is 0.672. The molecule has 1 N–H and O–H groups in total. The highest BCUT2D eigenvalue weighted by molar-refractivity contribution is 7.80. The SMILES string of the molecule is CC(C)N(C(=O)c1ccc(N(C)C)cc1)C(C)CCNC(=S)c1ccccc1. The molecule has 2 rings (SSSR count). The molecule has 0 spiro atoms. The summed E-state index contributed by atoms with van der Waals surface area (Å²) in [4.78, 5) is 17.8. The fourth-order valence-electron chi connectivity index (χ4n) is 3.22. The number of anilines is 1. The molecule has 4 nitrogen and oxygen atoms in total. The van der Waals surface area contributed by atoms with Crippen LogP contribution in [0.3, 0.4) is 0 Å². The minimum absolute atomic E-state index is 0.0680. The summed E-state index contributed by atoms with van der Waals surface area (Å²) in [7, 11) is 3.98. The molecule has 1 unspecified atom stereocenters. The van der Waals surface area contributed by atoms with Gasteiger partial charge < -0.3 is 15.1 Å². The predicted molar refractivity (Wildman–Crippen MR) is 122 cm³/mol. The molecule has 28 heavy (non-hydrogen) atoms. The van der Waals surface area contributed by atoms with Crippen LogP contribution in [0.1, 0.15) is 43.1 Å². The van der Waals surface area contributed by atoms with Crippen molar-refractivity contribution in [3.8, 4) is 0 Å². The van der Waals surface area contributed by atoms with Gasteiger partial charge in [-0.2, -0.15) is 0 Å². The Balaban J connectivity index is 1.98. The fraction of sp³-hybridized carbons (Fsp3) is 0.391. The average molecular weight is 398 g/mol. The van der Waals surface area contributed by atoms with E-state index in [0.717, 1.165) is 34.8 Å². The van der Waals surface area contributed by atoms with Crippen molar-refractivity contribution in [3.63, 3.8) is 0 Å². The normalized spacial score (nSPS) is 11.8. The van der Waals surface area contributed by atoms with Crippen LogP contribution in [-0.2, 0) is 0 Å². The maximum Gasteiger partial charge on any atom is 0.254 e. The molecule has 0 aliphatic carbocycles. The first-order valence-corrected chi connectivity index (χ1v) is 10.2. The highest BCUT2D eigenvalue weighted by atomic mass is 32.1. The predicted octanol–water partition coefficient (Wildman–Crippen LogP) is 4.35. The highest BCUT2D eigenvalue weighted by Crippen LogP contribution is 2.18. The Morgan fingerprint density at radius 1 is 0.964 bits per heavy atom. The van der Waals surface area contributed by atoms with Crippen LogP contribution in [0.15, 0.2) is 54.6 Å². The van der Waals surface area contributed by atoms with Gasteiger partial charge in [-0.05, 0) is 51.5 Å². The van der Waals surface area contributed by atoms with Crippen molar-refractivity contribution in [2.24, 2.45) is 0 Å². The summed E-state index contributed by atoms with van der Waals surface area (Å²) in [5.41, 5.74) is 2.82. The molecule has 2 aromatic rings. The third-order valence-corrected chi connectivity index (χ3v) is 5.16. The van der Waals surface area contributed by atoms with Crippen molar-refractivity contribution in [1.82, 2.24) is 10.2 Å². The van der Waals surface area contributed by atoms with E-state index in [2.05, 4.69) is 26.1 Å². The molecule has 150 valence electrons. The van der Waals surface area contributed by atoms with Gasteiger partial charge in [0.25, 0.3) is 5.91 Å². The standard InChI is InChI=1S/C23H31N3OS/c1-17(2)26(23(27)20-11-13-21(14-12-20)25(4)5)18(3)15-16-24-22(28)19-9-7-6-8-10-19/h6-14,17-18H,15-16H2,1-5H3,(H,24,28). The summed E-state index contributed by atoms with van der Waals surface area (Å²) in [6, 6.07) is 17.9. The van der Waals surface area contributed by atoms with Crippen LogP contribution in [-0.4, -0.2) is 48.5 Å². The van der Waals surface area contributed by atoms with Crippen LogP contribution in [0.5, 0.6) is 0 Å². The van der Waals surface area contributed by atoms with Crippen molar-refractivity contribution in [2.75, 3.05) is 25.5 Å². The minimum atomic E-state index is 0.0680. The zero-order valence-corrected chi connectivity index (χ0v) is 18.3. The number of nitrogens with zero attached hydrogens (tertiary/aromatic N) is 2. The van der Waals surface area contributed by atoms with Gasteiger partial charge in [0.05, 0.1) is 0 Å². The lowest BCUT2D eigenvalue weighted by Crippen LogP contribution is -2.44. The smallest absolute Gasteiger partial charge is 0.254 e. The van der Waals surface area contributed by atoms with Crippen LogP contribution in [0.2, 0.25) is 0 Å². The summed E-state index contributed by atoms with van der Waals surface area (Å²) in [5, 5.41) is 3.31. The molecule has 0 saturated heterocycles. The number of carbonyl (C=O) groups is 1. The first-order valence-electron chi connectivity index (χ1n) is 9.74. The fourth-order valence-corrected chi connectivity index (χ4v) is 3.46. The average Bonchev–Trinajstić information content (AvgIpc) is 2.68. The van der Waals surface area contributed by atoms with Gasteiger partial charge in [-0.15, -0.1) is 0 Å². The van der Waals surface area contributed by atoms with Crippen LogP contribution in [0, 0.1) is 0 Å². The van der Waals surface area contributed by atoms with Crippen LogP contribution < -0.4 is 10.2 Å². The number of rotatable bonds is 8. The maximum atomic E-state index is 13.1. The van der Waals surface area contributed by atoms with Crippen LogP contribution in [0.4, 0.5) is 5.69 Å². The molecule has 0 saturated carbocycles. The topological polar surface area (TPSA) is 35.6 Å². The molecular weight excluding hydrogens is 366 g/mol. The molecule has 0 aromatic heterocycles. The Kier molecular flexibility index (Phi) is 8.00. The van der Waals surface area contributed by atoms with Gasteiger partial charge in [-0.25, -0.2) is 0 Å². The van der Waals surface area contributed by atoms with Gasteiger partial charge in [-0.1, -0.05) is 42.5 Å². The van der Waals surface area contributed by atoms with E-state index in [1.54, 1.807) is 0 Å². The molecule has 0 aliphatic heterocycles. The van der Waals surface area contributed by atoms with Crippen molar-refractivity contribution < 1.29 is 4.79 Å². The molecule has 0 heterocycles. The van der Waals surface area contributed by atoms with E-state index in [-0.39, 0.29) is 18.0 Å². The second kappa shape index (κ2) is 10.2. The zero-order chi connectivity index (χ0) is 20.7. The van der Waals surface area contributed by atoms with E-state index < -0.39 is 0 Å². The second-order valence-electron chi connectivity index (χ2n) is 7.51. The second-order valence-corrected chi connectivity index (χ2v) is 7.92. The Morgan fingerprint density at radius 3 is 2.11 bits per heavy atom. The number of hydrogen-bond donors (Lipinski definition) is 1.